The molecule has 0 bridgehead atoms. The summed E-state index contributed by atoms with van der Waals surface area (Å²) in [6.45, 7) is 4.38. The monoisotopic (exact) mass is 446 g/mol. The third-order valence-electron chi connectivity index (χ3n) is 5.89. The number of carbonyl (C=O) groups is 2. The highest BCUT2D eigenvalue weighted by atomic mass is 16.3. The van der Waals surface area contributed by atoms with Gasteiger partial charge in [-0.3, -0.25) is 4.79 Å². The van der Waals surface area contributed by atoms with Gasteiger partial charge in [-0.05, 0) is 48.6 Å². The van der Waals surface area contributed by atoms with Crippen molar-refractivity contribution in [2.24, 2.45) is 5.92 Å². The lowest BCUT2D eigenvalue weighted by atomic mass is 9.82. The minimum atomic E-state index is -0.298. The number of amides is 2. The molecule has 3 aromatic rings. The zero-order valence-electron chi connectivity index (χ0n) is 19.0. The van der Waals surface area contributed by atoms with Crippen LogP contribution in [-0.2, 0) is 11.3 Å². The summed E-state index contributed by atoms with van der Waals surface area (Å²) in [5, 5.41) is 20.9. The molecule has 1 heterocycles. The smallest absolute Gasteiger partial charge is 0.342 e. The van der Waals surface area contributed by atoms with Crippen LogP contribution in [0.3, 0.4) is 0 Å². The number of phenolic OH excluding ortho intramolecular Hbond substituents is 1. The maximum absolute atomic E-state index is 13.0. The molecule has 7 heteroatoms. The normalized spacial score (nSPS) is 13.5. The van der Waals surface area contributed by atoms with Gasteiger partial charge in [0.15, 0.2) is 0 Å². The van der Waals surface area contributed by atoms with E-state index in [0.717, 1.165) is 30.5 Å². The molecule has 1 aliphatic rings. The Morgan fingerprint density at radius 1 is 1.12 bits per heavy atom. The van der Waals surface area contributed by atoms with Crippen molar-refractivity contribution in [3.63, 3.8) is 0 Å². The van der Waals surface area contributed by atoms with Crippen LogP contribution in [-0.4, -0.2) is 26.8 Å². The SMILES string of the molecule is CC(C)CC(=O)Nc1ccc(O)c(-c2cc(C3CCC3)n(C(=O)NCc3ccccc3)n2)c1. The van der Waals surface area contributed by atoms with Gasteiger partial charge in [0.2, 0.25) is 5.91 Å². The van der Waals surface area contributed by atoms with E-state index in [1.165, 1.54) is 10.7 Å². The number of hydrogen-bond donors (Lipinski definition) is 3. The first-order chi connectivity index (χ1) is 15.9. The maximum atomic E-state index is 13.0. The highest BCUT2D eigenvalue weighted by Crippen LogP contribution is 2.39. The Labute approximate surface area is 193 Å². The molecule has 7 nitrogen and oxygen atoms in total. The predicted molar refractivity (Wildman–Crippen MR) is 128 cm³/mol. The van der Waals surface area contributed by atoms with Gasteiger partial charge in [0.05, 0.1) is 11.4 Å². The molecule has 0 unspecified atom stereocenters. The van der Waals surface area contributed by atoms with Gasteiger partial charge in [0.1, 0.15) is 5.75 Å². The molecule has 33 heavy (non-hydrogen) atoms. The van der Waals surface area contributed by atoms with Crippen molar-refractivity contribution in [1.29, 1.82) is 0 Å². The van der Waals surface area contributed by atoms with Crippen molar-refractivity contribution in [3.8, 4) is 17.0 Å². The number of benzene rings is 2. The number of nitrogens with one attached hydrogen (secondary N) is 2. The molecule has 3 N–H and O–H groups in total. The number of aromatic hydroxyl groups is 1. The lowest BCUT2D eigenvalue weighted by Crippen LogP contribution is -2.31. The first kappa shape index (κ1) is 22.6. The van der Waals surface area contributed by atoms with E-state index in [2.05, 4.69) is 15.7 Å². The average Bonchev–Trinajstić information content (AvgIpc) is 3.17. The quantitative estimate of drug-likeness (QED) is 0.431. The van der Waals surface area contributed by atoms with Crippen molar-refractivity contribution in [2.45, 2.75) is 52.0 Å². The lowest BCUT2D eigenvalue weighted by molar-refractivity contribution is -0.116. The summed E-state index contributed by atoms with van der Waals surface area (Å²) in [4.78, 5) is 25.2. The zero-order chi connectivity index (χ0) is 23.4. The molecule has 0 radical (unpaired) electrons. The summed E-state index contributed by atoms with van der Waals surface area (Å²) in [6, 6.07) is 16.2. The fourth-order valence-electron chi connectivity index (χ4n) is 3.93. The molecule has 1 saturated carbocycles. The Morgan fingerprint density at radius 2 is 1.88 bits per heavy atom. The predicted octanol–water partition coefficient (Wildman–Crippen LogP) is 5.27. The van der Waals surface area contributed by atoms with Crippen molar-refractivity contribution in [1.82, 2.24) is 15.1 Å². The second-order valence-electron chi connectivity index (χ2n) is 9.02. The van der Waals surface area contributed by atoms with Crippen LogP contribution in [0.4, 0.5) is 10.5 Å². The van der Waals surface area contributed by atoms with Crippen molar-refractivity contribution >= 4 is 17.6 Å². The minimum absolute atomic E-state index is 0.0476. The summed E-state index contributed by atoms with van der Waals surface area (Å²) in [7, 11) is 0. The van der Waals surface area contributed by atoms with Crippen LogP contribution in [0.5, 0.6) is 5.75 Å². The molecular formula is C26H30N4O3. The minimum Gasteiger partial charge on any atom is -0.507 e. The zero-order valence-corrected chi connectivity index (χ0v) is 19.0. The molecule has 0 atom stereocenters. The molecule has 0 saturated heterocycles. The second kappa shape index (κ2) is 9.90. The number of rotatable bonds is 7. The Kier molecular flexibility index (Phi) is 6.77. The van der Waals surface area contributed by atoms with Gasteiger partial charge in [-0.1, -0.05) is 50.6 Å². The first-order valence-electron chi connectivity index (χ1n) is 11.5. The fraction of sp³-hybridized carbons (Fsp3) is 0.346. The maximum Gasteiger partial charge on any atom is 0.342 e. The van der Waals surface area contributed by atoms with Crippen molar-refractivity contribution in [3.05, 3.63) is 65.9 Å². The molecular weight excluding hydrogens is 416 g/mol. The fourth-order valence-corrected chi connectivity index (χ4v) is 3.93. The van der Waals surface area contributed by atoms with Gasteiger partial charge in [-0.15, -0.1) is 0 Å². The summed E-state index contributed by atoms with van der Waals surface area (Å²) in [5.41, 5.74) is 3.42. The van der Waals surface area contributed by atoms with Gasteiger partial charge in [0.25, 0.3) is 0 Å². The molecule has 1 fully saturated rings. The van der Waals surface area contributed by atoms with E-state index >= 15 is 0 Å². The molecule has 0 aliphatic heterocycles. The van der Waals surface area contributed by atoms with E-state index in [4.69, 9.17) is 0 Å². The van der Waals surface area contributed by atoms with E-state index in [9.17, 15) is 14.7 Å². The van der Waals surface area contributed by atoms with Crippen LogP contribution in [0.15, 0.2) is 54.6 Å². The van der Waals surface area contributed by atoms with Crippen LogP contribution in [0.2, 0.25) is 0 Å². The van der Waals surface area contributed by atoms with Gasteiger partial charge in [0, 0.05) is 30.1 Å². The van der Waals surface area contributed by atoms with Crippen molar-refractivity contribution in [2.75, 3.05) is 5.32 Å². The van der Waals surface area contributed by atoms with E-state index in [1.807, 2.05) is 50.2 Å². The van der Waals surface area contributed by atoms with Crippen LogP contribution < -0.4 is 10.6 Å². The topological polar surface area (TPSA) is 96.2 Å². The third-order valence-corrected chi connectivity index (χ3v) is 5.89. The Hall–Kier alpha value is -3.61. The summed E-state index contributed by atoms with van der Waals surface area (Å²) < 4.78 is 1.42. The molecule has 2 amide bonds. The molecule has 2 aromatic carbocycles. The highest BCUT2D eigenvalue weighted by Gasteiger charge is 2.27. The van der Waals surface area contributed by atoms with Gasteiger partial charge in [-0.25, -0.2) is 4.79 Å². The van der Waals surface area contributed by atoms with Crippen molar-refractivity contribution < 1.29 is 14.7 Å². The van der Waals surface area contributed by atoms with Gasteiger partial charge >= 0.3 is 6.03 Å². The van der Waals surface area contributed by atoms with Gasteiger partial charge < -0.3 is 15.7 Å². The number of carbonyl (C=O) groups excluding carboxylic acids is 2. The lowest BCUT2D eigenvalue weighted by Gasteiger charge is -2.25. The Morgan fingerprint density at radius 3 is 2.55 bits per heavy atom. The van der Waals surface area contributed by atoms with E-state index in [0.29, 0.717) is 29.9 Å². The number of anilines is 1. The summed E-state index contributed by atoms with van der Waals surface area (Å²) >= 11 is 0. The average molecular weight is 447 g/mol. The molecule has 4 rings (SSSR count). The number of nitrogens with zero attached hydrogens (tertiary/aromatic N) is 2. The highest BCUT2D eigenvalue weighted by molar-refractivity contribution is 5.92. The van der Waals surface area contributed by atoms with E-state index < -0.39 is 0 Å². The van der Waals surface area contributed by atoms with E-state index in [-0.39, 0.29) is 29.5 Å². The molecule has 0 spiro atoms. The van der Waals surface area contributed by atoms with Crippen LogP contribution in [0.25, 0.3) is 11.3 Å². The summed E-state index contributed by atoms with van der Waals surface area (Å²) in [5.74, 6) is 0.482. The number of aromatic nitrogens is 2. The Bertz CT molecular complexity index is 1130. The number of hydrogen-bond acceptors (Lipinski definition) is 4. The molecule has 1 aromatic heterocycles. The first-order valence-corrected chi connectivity index (χ1v) is 11.5. The Balaban J connectivity index is 1.59. The second-order valence-corrected chi connectivity index (χ2v) is 9.02. The standard InChI is InChI=1S/C26H30N4O3/c1-17(2)13-25(32)28-20-11-12-24(31)21(14-20)22-15-23(19-9-6-10-19)30(29-22)26(33)27-16-18-7-4-3-5-8-18/h3-5,7-8,11-12,14-15,17,19,31H,6,9-10,13,16H2,1-2H3,(H,27,33)(H,28,32). The van der Waals surface area contributed by atoms with E-state index in [1.54, 1.807) is 12.1 Å². The largest absolute Gasteiger partial charge is 0.507 e. The molecule has 1 aliphatic carbocycles. The third kappa shape index (κ3) is 5.42. The summed E-state index contributed by atoms with van der Waals surface area (Å²) in [6.07, 6.45) is 3.56. The van der Waals surface area contributed by atoms with Crippen LogP contribution in [0, 0.1) is 5.92 Å². The number of phenols is 1. The van der Waals surface area contributed by atoms with Crippen LogP contribution in [0.1, 0.15) is 56.7 Å². The van der Waals surface area contributed by atoms with Crippen LogP contribution >= 0.6 is 0 Å². The van der Waals surface area contributed by atoms with Gasteiger partial charge in [-0.2, -0.15) is 9.78 Å². The molecule has 172 valence electrons.